The minimum absolute atomic E-state index is 0.0440. The number of amides is 2. The van der Waals surface area contributed by atoms with E-state index in [2.05, 4.69) is 15.3 Å². The fraction of sp³-hybridized carbons (Fsp3) is 0.312. The van der Waals surface area contributed by atoms with Crippen LogP contribution >= 0.6 is 0 Å². The van der Waals surface area contributed by atoms with Gasteiger partial charge >= 0.3 is 12.2 Å². The van der Waals surface area contributed by atoms with Crippen molar-refractivity contribution in [2.45, 2.75) is 19.5 Å². The molecule has 2 aromatic rings. The average molecular weight is 390 g/mol. The zero-order chi connectivity index (χ0) is 20.0. The molecule has 0 aliphatic rings. The monoisotopic (exact) mass is 390 g/mol. The van der Waals surface area contributed by atoms with Crippen LogP contribution in [0.1, 0.15) is 13.3 Å². The van der Waals surface area contributed by atoms with Crippen molar-refractivity contribution in [3.8, 4) is 11.6 Å². The van der Waals surface area contributed by atoms with E-state index in [0.29, 0.717) is 0 Å². The topological polar surface area (TPSA) is 67.4 Å². The van der Waals surface area contributed by atoms with Crippen LogP contribution in [-0.2, 0) is 0 Å². The molecule has 2 amide bonds. The van der Waals surface area contributed by atoms with Gasteiger partial charge < -0.3 is 9.64 Å². The number of rotatable bonds is 6. The molecule has 1 aromatic heterocycles. The Morgan fingerprint density at radius 2 is 1.96 bits per heavy atom. The molecule has 0 saturated heterocycles. The Hall–Kier alpha value is -2.98. The number of nitrogens with one attached hydrogen (secondary N) is 1. The highest BCUT2D eigenvalue weighted by molar-refractivity contribution is 5.88. The first-order valence-electron chi connectivity index (χ1n) is 7.76. The molecule has 0 atom stereocenters. The highest BCUT2D eigenvalue weighted by Gasteiger charge is 2.28. The van der Waals surface area contributed by atoms with Crippen molar-refractivity contribution in [1.82, 2.24) is 14.9 Å². The third kappa shape index (κ3) is 6.04. The third-order valence-electron chi connectivity index (χ3n) is 3.33. The van der Waals surface area contributed by atoms with E-state index in [1.807, 2.05) is 0 Å². The number of nitrogens with zero attached hydrogens (tertiary/aromatic N) is 3. The summed E-state index contributed by atoms with van der Waals surface area (Å²) in [6, 6.07) is 2.58. The number of carbonyl (C=O) groups is 1. The molecule has 0 aliphatic heterocycles. The highest BCUT2D eigenvalue weighted by atomic mass is 19.4. The van der Waals surface area contributed by atoms with Crippen LogP contribution in [-0.4, -0.2) is 40.2 Å². The Labute approximate surface area is 151 Å². The summed E-state index contributed by atoms with van der Waals surface area (Å²) >= 11 is 0. The molecule has 0 saturated carbocycles. The maximum absolute atomic E-state index is 13.5. The van der Waals surface area contributed by atoms with Crippen molar-refractivity contribution in [3.63, 3.8) is 0 Å². The van der Waals surface area contributed by atoms with Gasteiger partial charge in [0.1, 0.15) is 0 Å². The Morgan fingerprint density at radius 1 is 1.22 bits per heavy atom. The van der Waals surface area contributed by atoms with Crippen molar-refractivity contribution in [1.29, 1.82) is 0 Å². The zero-order valence-corrected chi connectivity index (χ0v) is 14.1. The van der Waals surface area contributed by atoms with Crippen LogP contribution in [0.15, 0.2) is 30.6 Å². The smallest absolute Gasteiger partial charge is 0.390 e. The number of carbonyl (C=O) groups excluding carboxylic acids is 1. The van der Waals surface area contributed by atoms with Crippen LogP contribution in [0.3, 0.4) is 0 Å². The summed E-state index contributed by atoms with van der Waals surface area (Å²) in [4.78, 5) is 20.5. The fourth-order valence-corrected chi connectivity index (χ4v) is 1.96. The van der Waals surface area contributed by atoms with Gasteiger partial charge in [0.05, 0.1) is 18.8 Å². The van der Waals surface area contributed by atoms with Gasteiger partial charge in [-0.05, 0) is 19.1 Å². The van der Waals surface area contributed by atoms with Gasteiger partial charge in [-0.1, -0.05) is 6.07 Å². The van der Waals surface area contributed by atoms with E-state index in [0.717, 1.165) is 23.4 Å². The lowest BCUT2D eigenvalue weighted by Gasteiger charge is -2.21. The van der Waals surface area contributed by atoms with Crippen LogP contribution in [0, 0.1) is 11.6 Å². The summed E-state index contributed by atoms with van der Waals surface area (Å²) in [6.45, 7) is 1.10. The molecule has 0 spiro atoms. The third-order valence-corrected chi connectivity index (χ3v) is 3.33. The van der Waals surface area contributed by atoms with Crippen LogP contribution in [0.4, 0.5) is 32.6 Å². The number of ether oxygens (including phenoxy) is 1. The molecule has 11 heteroatoms. The van der Waals surface area contributed by atoms with Crippen molar-refractivity contribution in [3.05, 3.63) is 42.2 Å². The van der Waals surface area contributed by atoms with Gasteiger partial charge in [0.15, 0.2) is 17.4 Å². The minimum Gasteiger partial charge on any atom is -0.434 e. The standard InChI is InChI=1S/C16H15F5N4O2/c1-2-25(7-6-16(19,20)21)15(26)24-12-8-23-13(9-22-12)27-11-5-3-4-10(17)14(11)18/h3-5,8-9H,2,6-7H2,1H3,(H,22,24,26). The molecular weight excluding hydrogens is 375 g/mol. The first-order chi connectivity index (χ1) is 12.7. The zero-order valence-electron chi connectivity index (χ0n) is 14.1. The average Bonchev–Trinajstić information content (AvgIpc) is 2.60. The summed E-state index contributed by atoms with van der Waals surface area (Å²) in [5.41, 5.74) is 0. The van der Waals surface area contributed by atoms with Crippen LogP contribution in [0.25, 0.3) is 0 Å². The maximum atomic E-state index is 13.5. The van der Waals surface area contributed by atoms with Crippen LogP contribution in [0.2, 0.25) is 0 Å². The molecule has 1 aromatic carbocycles. The van der Waals surface area contributed by atoms with Crippen LogP contribution < -0.4 is 10.1 Å². The minimum atomic E-state index is -4.38. The second-order valence-corrected chi connectivity index (χ2v) is 5.27. The molecule has 0 bridgehead atoms. The number of anilines is 1. The van der Waals surface area contributed by atoms with Gasteiger partial charge in [-0.15, -0.1) is 0 Å². The van der Waals surface area contributed by atoms with E-state index in [9.17, 15) is 26.7 Å². The first-order valence-corrected chi connectivity index (χ1v) is 7.76. The largest absolute Gasteiger partial charge is 0.434 e. The quantitative estimate of drug-likeness (QED) is 0.745. The Kier molecular flexibility index (Phi) is 6.48. The van der Waals surface area contributed by atoms with E-state index < -0.39 is 42.6 Å². The molecule has 27 heavy (non-hydrogen) atoms. The predicted octanol–water partition coefficient (Wildman–Crippen LogP) is 4.35. The summed E-state index contributed by atoms with van der Waals surface area (Å²) in [6.07, 6.45) is -3.39. The van der Waals surface area contributed by atoms with Gasteiger partial charge in [0, 0.05) is 13.1 Å². The number of aromatic nitrogens is 2. The van der Waals surface area contributed by atoms with Crippen molar-refractivity contribution in [2.75, 3.05) is 18.4 Å². The lowest BCUT2D eigenvalue weighted by Crippen LogP contribution is -2.37. The molecule has 6 nitrogen and oxygen atoms in total. The SMILES string of the molecule is CCN(CCC(F)(F)F)C(=O)Nc1cnc(Oc2cccc(F)c2F)cn1. The van der Waals surface area contributed by atoms with Gasteiger partial charge in [-0.3, -0.25) is 5.32 Å². The van der Waals surface area contributed by atoms with Gasteiger partial charge in [0.2, 0.25) is 11.7 Å². The molecule has 0 radical (unpaired) electrons. The van der Waals surface area contributed by atoms with E-state index in [1.165, 1.54) is 19.1 Å². The van der Waals surface area contributed by atoms with Gasteiger partial charge in [-0.2, -0.15) is 17.6 Å². The first kappa shape index (κ1) is 20.3. The maximum Gasteiger partial charge on any atom is 0.390 e. The molecule has 0 fully saturated rings. The van der Waals surface area contributed by atoms with Crippen molar-refractivity contribution in [2.24, 2.45) is 0 Å². The summed E-state index contributed by atoms with van der Waals surface area (Å²) in [5.74, 6) is -2.90. The van der Waals surface area contributed by atoms with Crippen molar-refractivity contribution < 1.29 is 31.5 Å². The van der Waals surface area contributed by atoms with E-state index in [1.54, 1.807) is 0 Å². The molecule has 0 unspecified atom stereocenters. The number of benzene rings is 1. The van der Waals surface area contributed by atoms with Crippen LogP contribution in [0.5, 0.6) is 11.6 Å². The molecule has 2 rings (SSSR count). The highest BCUT2D eigenvalue weighted by Crippen LogP contribution is 2.24. The predicted molar refractivity (Wildman–Crippen MR) is 85.4 cm³/mol. The van der Waals surface area contributed by atoms with E-state index >= 15 is 0 Å². The molecule has 1 heterocycles. The second kappa shape index (κ2) is 8.60. The Balaban J connectivity index is 1.98. The van der Waals surface area contributed by atoms with Gasteiger partial charge in [-0.25, -0.2) is 19.2 Å². The second-order valence-electron chi connectivity index (χ2n) is 5.27. The number of hydrogen-bond acceptors (Lipinski definition) is 4. The number of urea groups is 1. The van der Waals surface area contributed by atoms with E-state index in [4.69, 9.17) is 4.74 Å². The van der Waals surface area contributed by atoms with Gasteiger partial charge in [0.25, 0.3) is 0 Å². The number of halogens is 5. The van der Waals surface area contributed by atoms with E-state index in [-0.39, 0.29) is 18.2 Å². The Morgan fingerprint density at radius 3 is 2.56 bits per heavy atom. The molecule has 1 N–H and O–H groups in total. The molecule has 0 aliphatic carbocycles. The Bertz CT molecular complexity index is 783. The molecule has 146 valence electrons. The fourth-order valence-electron chi connectivity index (χ4n) is 1.96. The van der Waals surface area contributed by atoms with Crippen molar-refractivity contribution >= 4 is 11.8 Å². The summed E-state index contributed by atoms with van der Waals surface area (Å²) < 4.78 is 68.5. The number of hydrogen-bond donors (Lipinski definition) is 1. The molecular formula is C16H15F5N4O2. The lowest BCUT2D eigenvalue weighted by molar-refractivity contribution is -0.136. The lowest BCUT2D eigenvalue weighted by atomic mass is 10.3. The normalized spacial score (nSPS) is 11.2. The number of alkyl halides is 3. The summed E-state index contributed by atoms with van der Waals surface area (Å²) in [5, 5.41) is 2.30. The summed E-state index contributed by atoms with van der Waals surface area (Å²) in [7, 11) is 0.